The van der Waals surface area contributed by atoms with Crippen molar-refractivity contribution in [1.82, 2.24) is 0 Å². The second kappa shape index (κ2) is 4.44. The van der Waals surface area contributed by atoms with Gasteiger partial charge >= 0.3 is 0 Å². The molecule has 0 aliphatic carbocycles. The van der Waals surface area contributed by atoms with E-state index in [1.54, 1.807) is 0 Å². The van der Waals surface area contributed by atoms with Crippen LogP contribution in [0.2, 0.25) is 0 Å². The molecule has 0 spiro atoms. The van der Waals surface area contributed by atoms with Gasteiger partial charge in [0.15, 0.2) is 0 Å². The number of hydrogen-bond acceptors (Lipinski definition) is 3. The highest BCUT2D eigenvalue weighted by Crippen LogP contribution is 2.19. The number of anilines is 1. The summed E-state index contributed by atoms with van der Waals surface area (Å²) in [4.78, 5) is 0. The maximum absolute atomic E-state index is 6.00. The van der Waals surface area contributed by atoms with Gasteiger partial charge in [-0.1, -0.05) is 25.5 Å². The van der Waals surface area contributed by atoms with E-state index in [1.165, 1.54) is 0 Å². The molecule has 0 atom stereocenters. The zero-order chi connectivity index (χ0) is 10.6. The molecule has 0 saturated carbocycles. The predicted molar refractivity (Wildman–Crippen MR) is 60.9 cm³/mol. The minimum Gasteiger partial charge on any atom is -0.388 e. The standard InChI is InChI=1S/C11H19N3/c1-3-8-11(12,13)9-4-6-10(14-2)7-5-9/h4-7,14H,3,8,12-13H2,1-2H3. The summed E-state index contributed by atoms with van der Waals surface area (Å²) in [6, 6.07) is 7.92. The van der Waals surface area contributed by atoms with E-state index >= 15 is 0 Å². The van der Waals surface area contributed by atoms with Crippen LogP contribution in [-0.4, -0.2) is 7.05 Å². The quantitative estimate of drug-likeness (QED) is 0.636. The Morgan fingerprint density at radius 3 is 2.21 bits per heavy atom. The Kier molecular flexibility index (Phi) is 3.49. The molecule has 5 N–H and O–H groups in total. The van der Waals surface area contributed by atoms with E-state index in [2.05, 4.69) is 12.2 Å². The third-order valence-corrected chi connectivity index (χ3v) is 2.37. The van der Waals surface area contributed by atoms with Crippen LogP contribution in [0.5, 0.6) is 0 Å². The van der Waals surface area contributed by atoms with Gasteiger partial charge in [-0.15, -0.1) is 0 Å². The lowest BCUT2D eigenvalue weighted by Gasteiger charge is -2.24. The van der Waals surface area contributed by atoms with Crippen molar-refractivity contribution in [3.05, 3.63) is 29.8 Å². The fraction of sp³-hybridized carbons (Fsp3) is 0.455. The number of rotatable bonds is 4. The second-order valence-corrected chi connectivity index (χ2v) is 3.62. The number of benzene rings is 1. The topological polar surface area (TPSA) is 64.1 Å². The van der Waals surface area contributed by atoms with E-state index in [1.807, 2.05) is 31.3 Å². The highest BCUT2D eigenvalue weighted by molar-refractivity contribution is 5.45. The third kappa shape index (κ3) is 2.47. The molecule has 0 heterocycles. The monoisotopic (exact) mass is 193 g/mol. The number of nitrogens with one attached hydrogen (secondary N) is 1. The van der Waals surface area contributed by atoms with E-state index in [0.29, 0.717) is 0 Å². The molecule has 1 aromatic carbocycles. The van der Waals surface area contributed by atoms with Crippen molar-refractivity contribution in [2.45, 2.75) is 25.4 Å². The van der Waals surface area contributed by atoms with Crippen LogP contribution in [0.25, 0.3) is 0 Å². The minimum absolute atomic E-state index is 0.693. The van der Waals surface area contributed by atoms with Gasteiger partial charge in [0.05, 0.1) is 5.66 Å². The van der Waals surface area contributed by atoms with Gasteiger partial charge in [0.25, 0.3) is 0 Å². The van der Waals surface area contributed by atoms with Crippen molar-refractivity contribution >= 4 is 5.69 Å². The summed E-state index contributed by atoms with van der Waals surface area (Å²) < 4.78 is 0. The molecule has 14 heavy (non-hydrogen) atoms. The average molecular weight is 193 g/mol. The van der Waals surface area contributed by atoms with E-state index in [4.69, 9.17) is 11.5 Å². The second-order valence-electron chi connectivity index (χ2n) is 3.62. The molecule has 0 bridgehead atoms. The molecule has 3 heteroatoms. The maximum atomic E-state index is 6.00. The van der Waals surface area contributed by atoms with Gasteiger partial charge in [-0.2, -0.15) is 0 Å². The third-order valence-electron chi connectivity index (χ3n) is 2.37. The molecule has 0 fully saturated rings. The molecule has 0 saturated heterocycles. The highest BCUT2D eigenvalue weighted by atomic mass is 14.9. The van der Waals surface area contributed by atoms with Gasteiger partial charge in [0.1, 0.15) is 0 Å². The van der Waals surface area contributed by atoms with Crippen LogP contribution in [0.1, 0.15) is 25.3 Å². The van der Waals surface area contributed by atoms with Crippen LogP contribution in [-0.2, 0) is 5.66 Å². The van der Waals surface area contributed by atoms with Crippen molar-refractivity contribution < 1.29 is 0 Å². The molecule has 0 unspecified atom stereocenters. The van der Waals surface area contributed by atoms with Crippen LogP contribution < -0.4 is 16.8 Å². The Morgan fingerprint density at radius 1 is 1.21 bits per heavy atom. The summed E-state index contributed by atoms with van der Waals surface area (Å²) in [6.07, 6.45) is 1.78. The van der Waals surface area contributed by atoms with E-state index in [-0.39, 0.29) is 0 Å². The van der Waals surface area contributed by atoms with E-state index in [9.17, 15) is 0 Å². The van der Waals surface area contributed by atoms with Crippen molar-refractivity contribution in [2.75, 3.05) is 12.4 Å². The van der Waals surface area contributed by atoms with Crippen LogP contribution in [0.3, 0.4) is 0 Å². The lowest BCUT2D eigenvalue weighted by Crippen LogP contribution is -2.45. The fourth-order valence-electron chi connectivity index (χ4n) is 1.51. The van der Waals surface area contributed by atoms with E-state index in [0.717, 1.165) is 24.1 Å². The number of nitrogens with two attached hydrogens (primary N) is 2. The summed E-state index contributed by atoms with van der Waals surface area (Å²) in [5.41, 5.74) is 13.4. The first-order valence-corrected chi connectivity index (χ1v) is 4.96. The molecular weight excluding hydrogens is 174 g/mol. The molecule has 0 aliphatic heterocycles. The molecule has 1 aromatic rings. The molecule has 0 amide bonds. The first-order valence-electron chi connectivity index (χ1n) is 4.96. The van der Waals surface area contributed by atoms with Crippen molar-refractivity contribution in [3.63, 3.8) is 0 Å². The lowest BCUT2D eigenvalue weighted by atomic mass is 9.96. The predicted octanol–water partition coefficient (Wildman–Crippen LogP) is 1.60. The van der Waals surface area contributed by atoms with Crippen LogP contribution in [0.15, 0.2) is 24.3 Å². The Balaban J connectivity index is 2.85. The first kappa shape index (κ1) is 11.0. The summed E-state index contributed by atoms with van der Waals surface area (Å²) >= 11 is 0. The van der Waals surface area contributed by atoms with Gasteiger partial charge in [-0.3, -0.25) is 0 Å². The highest BCUT2D eigenvalue weighted by Gasteiger charge is 2.19. The largest absolute Gasteiger partial charge is 0.388 e. The first-order chi connectivity index (χ1) is 6.60. The van der Waals surface area contributed by atoms with Crippen LogP contribution >= 0.6 is 0 Å². The SMILES string of the molecule is CCCC(N)(N)c1ccc(NC)cc1. The molecule has 0 aromatic heterocycles. The Bertz CT molecular complexity index is 277. The summed E-state index contributed by atoms with van der Waals surface area (Å²) in [5.74, 6) is 0. The molecule has 78 valence electrons. The zero-order valence-electron chi connectivity index (χ0n) is 8.88. The maximum Gasteiger partial charge on any atom is 0.0899 e. The summed E-state index contributed by atoms with van der Waals surface area (Å²) in [7, 11) is 1.89. The van der Waals surface area contributed by atoms with E-state index < -0.39 is 5.66 Å². The number of hydrogen-bond donors (Lipinski definition) is 3. The average Bonchev–Trinajstić information content (AvgIpc) is 2.18. The molecule has 1 rings (SSSR count). The van der Waals surface area contributed by atoms with Gasteiger partial charge in [0, 0.05) is 12.7 Å². The van der Waals surface area contributed by atoms with Gasteiger partial charge in [0.2, 0.25) is 0 Å². The fourth-order valence-corrected chi connectivity index (χ4v) is 1.51. The van der Waals surface area contributed by atoms with Crippen molar-refractivity contribution in [3.8, 4) is 0 Å². The zero-order valence-corrected chi connectivity index (χ0v) is 8.88. The smallest absolute Gasteiger partial charge is 0.0899 e. The molecule has 0 radical (unpaired) electrons. The summed E-state index contributed by atoms with van der Waals surface area (Å²) in [6.45, 7) is 2.08. The molecule has 3 nitrogen and oxygen atoms in total. The van der Waals surface area contributed by atoms with Gasteiger partial charge < -0.3 is 16.8 Å². The van der Waals surface area contributed by atoms with Gasteiger partial charge in [-0.05, 0) is 24.1 Å². The van der Waals surface area contributed by atoms with Crippen LogP contribution in [0, 0.1) is 0 Å². The lowest BCUT2D eigenvalue weighted by molar-refractivity contribution is 0.421. The Morgan fingerprint density at radius 2 is 1.79 bits per heavy atom. The minimum atomic E-state index is -0.693. The molecular formula is C11H19N3. The van der Waals surface area contributed by atoms with Gasteiger partial charge in [-0.25, -0.2) is 0 Å². The van der Waals surface area contributed by atoms with Crippen molar-refractivity contribution in [2.24, 2.45) is 11.5 Å². The normalized spacial score (nSPS) is 11.4. The summed E-state index contributed by atoms with van der Waals surface area (Å²) in [5, 5.41) is 3.06. The molecule has 0 aliphatic rings. The Labute approximate surface area is 85.5 Å². The van der Waals surface area contributed by atoms with Crippen molar-refractivity contribution in [1.29, 1.82) is 0 Å². The van der Waals surface area contributed by atoms with Crippen LogP contribution in [0.4, 0.5) is 5.69 Å². The Hall–Kier alpha value is -1.06.